The molecular formula is C14H18N2O2. The van der Waals surface area contributed by atoms with Gasteiger partial charge in [-0.1, -0.05) is 6.07 Å². The van der Waals surface area contributed by atoms with Crippen molar-refractivity contribution in [2.75, 3.05) is 20.2 Å². The van der Waals surface area contributed by atoms with E-state index in [9.17, 15) is 4.79 Å². The quantitative estimate of drug-likeness (QED) is 0.744. The summed E-state index contributed by atoms with van der Waals surface area (Å²) >= 11 is 0. The van der Waals surface area contributed by atoms with Crippen molar-refractivity contribution in [2.24, 2.45) is 0 Å². The molecule has 4 heteroatoms. The van der Waals surface area contributed by atoms with Gasteiger partial charge in [0.2, 0.25) is 0 Å². The minimum absolute atomic E-state index is 0.216. The number of ether oxygens (including phenoxy) is 1. The first kappa shape index (κ1) is 14.2. The number of rotatable bonds is 5. The fourth-order valence-corrected chi connectivity index (χ4v) is 1.72. The Labute approximate surface area is 108 Å². The Balaban J connectivity index is 2.62. The van der Waals surface area contributed by atoms with E-state index in [2.05, 4.69) is 6.07 Å². The summed E-state index contributed by atoms with van der Waals surface area (Å²) in [7, 11) is 1.87. The average molecular weight is 246 g/mol. The molecule has 18 heavy (non-hydrogen) atoms. The zero-order valence-electron chi connectivity index (χ0n) is 11.1. The SMILES string of the molecule is CCOC(=O)CN(C)Cc1ccc(C#N)cc1C. The highest BCUT2D eigenvalue weighted by atomic mass is 16.5. The molecule has 0 fully saturated rings. The molecular weight excluding hydrogens is 228 g/mol. The lowest BCUT2D eigenvalue weighted by Gasteiger charge is -2.17. The zero-order valence-corrected chi connectivity index (χ0v) is 11.1. The maximum Gasteiger partial charge on any atom is 0.320 e. The number of nitrogens with zero attached hydrogens (tertiary/aromatic N) is 2. The monoisotopic (exact) mass is 246 g/mol. The minimum Gasteiger partial charge on any atom is -0.465 e. The Morgan fingerprint density at radius 1 is 1.50 bits per heavy atom. The van der Waals surface area contributed by atoms with Gasteiger partial charge in [-0.05, 0) is 44.2 Å². The van der Waals surface area contributed by atoms with Crippen molar-refractivity contribution in [1.29, 1.82) is 5.26 Å². The number of hydrogen-bond donors (Lipinski definition) is 0. The topological polar surface area (TPSA) is 53.3 Å². The molecule has 0 aliphatic carbocycles. The number of likely N-dealkylation sites (N-methyl/N-ethyl adjacent to an activating group) is 1. The van der Waals surface area contributed by atoms with Crippen LogP contribution in [0.25, 0.3) is 0 Å². The van der Waals surface area contributed by atoms with Crippen molar-refractivity contribution in [2.45, 2.75) is 20.4 Å². The molecule has 0 spiro atoms. The number of esters is 1. The van der Waals surface area contributed by atoms with Gasteiger partial charge in [0.1, 0.15) is 0 Å². The molecule has 0 aromatic heterocycles. The van der Waals surface area contributed by atoms with E-state index in [1.807, 2.05) is 31.0 Å². The van der Waals surface area contributed by atoms with Crippen LogP contribution < -0.4 is 0 Å². The van der Waals surface area contributed by atoms with Gasteiger partial charge in [0.25, 0.3) is 0 Å². The first-order valence-electron chi connectivity index (χ1n) is 5.90. The highest BCUT2D eigenvalue weighted by molar-refractivity contribution is 5.71. The number of nitriles is 1. The molecule has 0 unspecified atom stereocenters. The summed E-state index contributed by atoms with van der Waals surface area (Å²) in [5.41, 5.74) is 2.83. The number of carbonyl (C=O) groups is 1. The molecule has 0 amide bonds. The van der Waals surface area contributed by atoms with E-state index in [1.165, 1.54) is 0 Å². The summed E-state index contributed by atoms with van der Waals surface area (Å²) in [6.45, 7) is 5.10. The molecule has 0 heterocycles. The highest BCUT2D eigenvalue weighted by Crippen LogP contribution is 2.12. The number of hydrogen-bond acceptors (Lipinski definition) is 4. The van der Waals surface area contributed by atoms with Crippen LogP contribution in [0.15, 0.2) is 18.2 Å². The van der Waals surface area contributed by atoms with Gasteiger partial charge >= 0.3 is 5.97 Å². The lowest BCUT2D eigenvalue weighted by Crippen LogP contribution is -2.27. The van der Waals surface area contributed by atoms with Crippen molar-refractivity contribution in [1.82, 2.24) is 4.90 Å². The van der Waals surface area contributed by atoms with E-state index in [1.54, 1.807) is 13.0 Å². The number of aryl methyl sites for hydroxylation is 1. The van der Waals surface area contributed by atoms with Gasteiger partial charge in [0.05, 0.1) is 24.8 Å². The Hall–Kier alpha value is -1.86. The first-order valence-corrected chi connectivity index (χ1v) is 5.90. The number of benzene rings is 1. The van der Waals surface area contributed by atoms with Crippen LogP contribution in [0.3, 0.4) is 0 Å². The third-order valence-corrected chi connectivity index (χ3v) is 2.62. The summed E-state index contributed by atoms with van der Waals surface area (Å²) in [5.74, 6) is -0.216. The van der Waals surface area contributed by atoms with Crippen LogP contribution in [0, 0.1) is 18.3 Å². The second kappa shape index (κ2) is 6.77. The van der Waals surface area contributed by atoms with E-state index in [4.69, 9.17) is 10.00 Å². The van der Waals surface area contributed by atoms with Crippen molar-refractivity contribution >= 4 is 5.97 Å². The summed E-state index contributed by atoms with van der Waals surface area (Å²) in [6.07, 6.45) is 0. The smallest absolute Gasteiger partial charge is 0.320 e. The van der Waals surface area contributed by atoms with Gasteiger partial charge in [-0.15, -0.1) is 0 Å². The normalized spacial score (nSPS) is 10.2. The summed E-state index contributed by atoms with van der Waals surface area (Å²) in [6, 6.07) is 7.68. The van der Waals surface area contributed by atoms with E-state index in [0.717, 1.165) is 11.1 Å². The van der Waals surface area contributed by atoms with Gasteiger partial charge in [-0.25, -0.2) is 0 Å². The van der Waals surface area contributed by atoms with Gasteiger partial charge in [-0.3, -0.25) is 9.69 Å². The molecule has 0 atom stereocenters. The lowest BCUT2D eigenvalue weighted by molar-refractivity contribution is -0.144. The van der Waals surface area contributed by atoms with Crippen molar-refractivity contribution in [3.63, 3.8) is 0 Å². The zero-order chi connectivity index (χ0) is 13.5. The maximum absolute atomic E-state index is 11.3. The third kappa shape index (κ3) is 4.19. The maximum atomic E-state index is 11.3. The molecule has 0 radical (unpaired) electrons. The van der Waals surface area contributed by atoms with Crippen LogP contribution >= 0.6 is 0 Å². The summed E-state index contributed by atoms with van der Waals surface area (Å²) in [5, 5.41) is 8.79. The van der Waals surface area contributed by atoms with Gasteiger partial charge in [-0.2, -0.15) is 5.26 Å². The molecule has 0 aliphatic rings. The summed E-state index contributed by atoms with van der Waals surface area (Å²) < 4.78 is 4.89. The number of carbonyl (C=O) groups excluding carboxylic acids is 1. The van der Waals surface area contributed by atoms with Gasteiger partial charge < -0.3 is 4.74 Å². The van der Waals surface area contributed by atoms with E-state index in [0.29, 0.717) is 18.7 Å². The lowest BCUT2D eigenvalue weighted by atomic mass is 10.1. The molecule has 1 rings (SSSR count). The van der Waals surface area contributed by atoms with Gasteiger partial charge in [0.15, 0.2) is 0 Å². The van der Waals surface area contributed by atoms with Crippen LogP contribution in [0.4, 0.5) is 0 Å². The molecule has 0 bridgehead atoms. The predicted octanol–water partition coefficient (Wildman–Crippen LogP) is 1.86. The second-order valence-corrected chi connectivity index (χ2v) is 4.23. The summed E-state index contributed by atoms with van der Waals surface area (Å²) in [4.78, 5) is 13.2. The van der Waals surface area contributed by atoms with E-state index in [-0.39, 0.29) is 12.5 Å². The van der Waals surface area contributed by atoms with E-state index >= 15 is 0 Å². The molecule has 1 aromatic carbocycles. The molecule has 0 N–H and O–H groups in total. The largest absolute Gasteiger partial charge is 0.465 e. The predicted molar refractivity (Wildman–Crippen MR) is 68.9 cm³/mol. The fraction of sp³-hybridized carbons (Fsp3) is 0.429. The standard InChI is InChI=1S/C14H18N2O2/c1-4-18-14(17)10-16(3)9-13-6-5-12(8-15)7-11(13)2/h5-7H,4,9-10H2,1-3H3. The van der Waals surface area contributed by atoms with Crippen LogP contribution in [0.1, 0.15) is 23.6 Å². The van der Waals surface area contributed by atoms with Crippen LogP contribution in [-0.4, -0.2) is 31.1 Å². The molecule has 0 saturated heterocycles. The molecule has 4 nitrogen and oxygen atoms in total. The minimum atomic E-state index is -0.216. The van der Waals surface area contributed by atoms with Crippen molar-refractivity contribution in [3.8, 4) is 6.07 Å². The second-order valence-electron chi connectivity index (χ2n) is 4.23. The Morgan fingerprint density at radius 3 is 2.78 bits per heavy atom. The molecule has 0 saturated carbocycles. The van der Waals surface area contributed by atoms with Crippen LogP contribution in [-0.2, 0) is 16.1 Å². The first-order chi connectivity index (χ1) is 8.56. The van der Waals surface area contributed by atoms with Gasteiger partial charge in [0, 0.05) is 6.54 Å². The molecule has 0 aliphatic heterocycles. The fourth-order valence-electron chi connectivity index (χ4n) is 1.72. The average Bonchev–Trinajstić information content (AvgIpc) is 2.31. The molecule has 96 valence electrons. The Kier molecular flexibility index (Phi) is 5.34. The van der Waals surface area contributed by atoms with E-state index < -0.39 is 0 Å². The van der Waals surface area contributed by atoms with Crippen LogP contribution in [0.2, 0.25) is 0 Å². The third-order valence-electron chi connectivity index (χ3n) is 2.62. The van der Waals surface area contributed by atoms with Crippen molar-refractivity contribution < 1.29 is 9.53 Å². The van der Waals surface area contributed by atoms with Crippen molar-refractivity contribution in [3.05, 3.63) is 34.9 Å². The molecule has 1 aromatic rings. The highest BCUT2D eigenvalue weighted by Gasteiger charge is 2.09. The Bertz CT molecular complexity index is 463. The van der Waals surface area contributed by atoms with Crippen LogP contribution in [0.5, 0.6) is 0 Å². The Morgan fingerprint density at radius 2 is 2.22 bits per heavy atom.